The van der Waals surface area contributed by atoms with Gasteiger partial charge in [0.05, 0.1) is 11.3 Å². The van der Waals surface area contributed by atoms with Crippen molar-refractivity contribution in [1.29, 1.82) is 0 Å². The zero-order chi connectivity index (χ0) is 19.8. The fourth-order valence-corrected chi connectivity index (χ4v) is 5.98. The highest BCUT2D eigenvalue weighted by molar-refractivity contribution is 7.99. The molecule has 28 heavy (non-hydrogen) atoms. The van der Waals surface area contributed by atoms with E-state index in [9.17, 15) is 9.59 Å². The molecular weight excluding hydrogens is 394 g/mol. The molecular formula is C19H25N5O2S2. The number of aromatic nitrogens is 3. The number of amides is 2. The molecule has 0 aromatic carbocycles. The Bertz CT molecular complexity index is 916. The van der Waals surface area contributed by atoms with Crippen molar-refractivity contribution in [3.8, 4) is 0 Å². The molecule has 1 unspecified atom stereocenters. The Kier molecular flexibility index (Phi) is 5.46. The Morgan fingerprint density at radius 3 is 2.79 bits per heavy atom. The topological polar surface area (TPSA) is 103 Å². The maximum absolute atomic E-state index is 12.6. The molecule has 2 heterocycles. The molecule has 2 aromatic rings. The van der Waals surface area contributed by atoms with Crippen molar-refractivity contribution in [2.75, 3.05) is 11.1 Å². The smallest absolute Gasteiger partial charge is 0.251 e. The molecule has 2 aliphatic rings. The van der Waals surface area contributed by atoms with Crippen LogP contribution in [0.2, 0.25) is 0 Å². The number of hydrogen-bond acceptors (Lipinski definition) is 6. The molecule has 0 bridgehead atoms. The summed E-state index contributed by atoms with van der Waals surface area (Å²) >= 11 is 2.87. The third-order valence-electron chi connectivity index (χ3n) is 5.35. The number of primary amides is 1. The predicted octanol–water partition coefficient (Wildman–Crippen LogP) is 3.19. The Balaban J connectivity index is 1.45. The third kappa shape index (κ3) is 3.82. The van der Waals surface area contributed by atoms with Gasteiger partial charge in [-0.25, -0.2) is 0 Å². The van der Waals surface area contributed by atoms with E-state index in [0.717, 1.165) is 42.4 Å². The van der Waals surface area contributed by atoms with E-state index >= 15 is 0 Å². The van der Waals surface area contributed by atoms with Crippen LogP contribution >= 0.6 is 23.1 Å². The number of nitrogens with zero attached hydrogens (tertiary/aromatic N) is 3. The van der Waals surface area contributed by atoms with E-state index in [1.165, 1.54) is 40.8 Å². The molecule has 0 aliphatic heterocycles. The van der Waals surface area contributed by atoms with Crippen molar-refractivity contribution in [2.24, 2.45) is 11.7 Å². The quantitative estimate of drug-likeness (QED) is 0.671. The maximum Gasteiger partial charge on any atom is 0.251 e. The van der Waals surface area contributed by atoms with Gasteiger partial charge in [-0.3, -0.25) is 9.59 Å². The highest BCUT2D eigenvalue weighted by Gasteiger charge is 2.30. The Morgan fingerprint density at radius 2 is 2.11 bits per heavy atom. The van der Waals surface area contributed by atoms with Crippen LogP contribution < -0.4 is 11.1 Å². The van der Waals surface area contributed by atoms with Gasteiger partial charge in [0.2, 0.25) is 5.91 Å². The molecule has 2 aliphatic carbocycles. The van der Waals surface area contributed by atoms with Gasteiger partial charge < -0.3 is 15.6 Å². The molecule has 2 aromatic heterocycles. The molecule has 4 rings (SSSR count). The first kappa shape index (κ1) is 19.4. The van der Waals surface area contributed by atoms with Crippen LogP contribution in [0.4, 0.5) is 5.00 Å². The van der Waals surface area contributed by atoms with Crippen molar-refractivity contribution in [3.05, 3.63) is 21.8 Å². The SMILES string of the molecule is CCn1c(SCC(=O)Nc2sc3c(c2C(N)=O)CCC(C)C3)nnc1C1CC1. The first-order valence-electron chi connectivity index (χ1n) is 9.78. The van der Waals surface area contributed by atoms with Crippen LogP contribution in [0.3, 0.4) is 0 Å². The zero-order valence-corrected chi connectivity index (χ0v) is 17.8. The molecule has 3 N–H and O–H groups in total. The van der Waals surface area contributed by atoms with E-state index < -0.39 is 5.91 Å². The average Bonchev–Trinajstić information content (AvgIpc) is 3.31. The lowest BCUT2D eigenvalue weighted by atomic mass is 9.88. The van der Waals surface area contributed by atoms with Gasteiger partial charge in [0.15, 0.2) is 5.16 Å². The van der Waals surface area contributed by atoms with Crippen molar-refractivity contribution < 1.29 is 9.59 Å². The Labute approximate surface area is 172 Å². The number of rotatable bonds is 7. The summed E-state index contributed by atoms with van der Waals surface area (Å²) in [5.74, 6) is 1.75. The van der Waals surface area contributed by atoms with Crippen LogP contribution in [0.5, 0.6) is 0 Å². The molecule has 7 nitrogen and oxygen atoms in total. The summed E-state index contributed by atoms with van der Waals surface area (Å²) < 4.78 is 2.09. The second kappa shape index (κ2) is 7.87. The summed E-state index contributed by atoms with van der Waals surface area (Å²) in [6.45, 7) is 5.07. The fraction of sp³-hybridized carbons (Fsp3) is 0.579. The number of nitrogens with one attached hydrogen (secondary N) is 1. The number of hydrogen-bond donors (Lipinski definition) is 2. The molecule has 150 valence electrons. The first-order valence-corrected chi connectivity index (χ1v) is 11.6. The van der Waals surface area contributed by atoms with Crippen LogP contribution in [0, 0.1) is 5.92 Å². The van der Waals surface area contributed by atoms with E-state index in [1.807, 2.05) is 0 Å². The van der Waals surface area contributed by atoms with Crippen molar-refractivity contribution >= 4 is 39.9 Å². The molecule has 0 radical (unpaired) electrons. The number of thioether (sulfide) groups is 1. The predicted molar refractivity (Wildman–Crippen MR) is 111 cm³/mol. The van der Waals surface area contributed by atoms with Gasteiger partial charge in [-0.15, -0.1) is 21.5 Å². The van der Waals surface area contributed by atoms with Gasteiger partial charge in [-0.2, -0.15) is 0 Å². The molecule has 2 amide bonds. The zero-order valence-electron chi connectivity index (χ0n) is 16.2. The second-order valence-electron chi connectivity index (χ2n) is 7.62. The minimum Gasteiger partial charge on any atom is -0.365 e. The molecule has 0 spiro atoms. The third-order valence-corrected chi connectivity index (χ3v) is 7.48. The lowest BCUT2D eigenvalue weighted by Gasteiger charge is -2.18. The van der Waals surface area contributed by atoms with Crippen LogP contribution in [-0.4, -0.2) is 32.3 Å². The lowest BCUT2D eigenvalue weighted by Crippen LogP contribution is -2.20. The number of thiophene rings is 1. The Morgan fingerprint density at radius 1 is 1.32 bits per heavy atom. The first-order chi connectivity index (χ1) is 13.5. The molecule has 1 atom stereocenters. The lowest BCUT2D eigenvalue weighted by molar-refractivity contribution is -0.113. The van der Waals surface area contributed by atoms with E-state index in [0.29, 0.717) is 22.4 Å². The van der Waals surface area contributed by atoms with Crippen LogP contribution in [-0.2, 0) is 24.2 Å². The number of carbonyl (C=O) groups excluding carboxylic acids is 2. The average molecular weight is 420 g/mol. The molecule has 1 fully saturated rings. The van der Waals surface area contributed by atoms with Crippen LogP contribution in [0.25, 0.3) is 0 Å². The summed E-state index contributed by atoms with van der Waals surface area (Å²) in [4.78, 5) is 25.7. The van der Waals surface area contributed by atoms with E-state index in [2.05, 4.69) is 33.9 Å². The minimum absolute atomic E-state index is 0.155. The summed E-state index contributed by atoms with van der Waals surface area (Å²) in [7, 11) is 0. The number of anilines is 1. The fourth-order valence-electron chi connectivity index (χ4n) is 3.74. The van der Waals surface area contributed by atoms with Crippen LogP contribution in [0.15, 0.2) is 5.16 Å². The van der Waals surface area contributed by atoms with Gasteiger partial charge in [0, 0.05) is 17.3 Å². The van der Waals surface area contributed by atoms with Gasteiger partial charge in [-0.05, 0) is 50.5 Å². The van der Waals surface area contributed by atoms with Gasteiger partial charge in [0.25, 0.3) is 5.91 Å². The second-order valence-corrected chi connectivity index (χ2v) is 9.66. The maximum atomic E-state index is 12.6. The largest absolute Gasteiger partial charge is 0.365 e. The number of carbonyl (C=O) groups is 2. The highest BCUT2D eigenvalue weighted by Crippen LogP contribution is 2.41. The molecule has 0 saturated heterocycles. The van der Waals surface area contributed by atoms with Crippen molar-refractivity contribution in [3.63, 3.8) is 0 Å². The van der Waals surface area contributed by atoms with E-state index in [-0.39, 0.29) is 11.7 Å². The number of nitrogens with two attached hydrogens (primary N) is 1. The minimum atomic E-state index is -0.463. The standard InChI is InChI=1S/C19H25N5O2S2/c1-3-24-17(11-5-6-11)22-23-19(24)27-9-14(25)21-18-15(16(20)26)12-7-4-10(2)8-13(12)28-18/h10-11H,3-9H2,1-2H3,(H2,20,26)(H,21,25). The van der Waals surface area contributed by atoms with Gasteiger partial charge in [0.1, 0.15) is 10.8 Å². The summed E-state index contributed by atoms with van der Waals surface area (Å²) in [6, 6.07) is 0. The van der Waals surface area contributed by atoms with Crippen molar-refractivity contribution in [2.45, 2.75) is 63.6 Å². The summed E-state index contributed by atoms with van der Waals surface area (Å²) in [5.41, 5.74) is 7.15. The number of fused-ring (bicyclic) bond motifs is 1. The monoisotopic (exact) mass is 419 g/mol. The van der Waals surface area contributed by atoms with Crippen molar-refractivity contribution in [1.82, 2.24) is 14.8 Å². The molecule has 1 saturated carbocycles. The van der Waals surface area contributed by atoms with E-state index in [1.54, 1.807) is 0 Å². The normalized spacial score (nSPS) is 18.7. The molecule has 9 heteroatoms. The van der Waals surface area contributed by atoms with Gasteiger partial charge >= 0.3 is 0 Å². The van der Waals surface area contributed by atoms with E-state index in [4.69, 9.17) is 5.73 Å². The van der Waals surface area contributed by atoms with Gasteiger partial charge in [-0.1, -0.05) is 18.7 Å². The van der Waals surface area contributed by atoms with Crippen LogP contribution in [0.1, 0.15) is 65.7 Å². The summed E-state index contributed by atoms with van der Waals surface area (Å²) in [6.07, 6.45) is 5.17. The highest BCUT2D eigenvalue weighted by atomic mass is 32.2. The Hall–Kier alpha value is -1.87. The summed E-state index contributed by atoms with van der Waals surface area (Å²) in [5, 5.41) is 12.8.